The molecule has 100 valence electrons. The van der Waals surface area contributed by atoms with Crippen molar-refractivity contribution in [1.82, 2.24) is 4.98 Å². The molecule has 0 aliphatic heterocycles. The molecular formula is C11H8ClFN2O3S. The molecule has 0 spiro atoms. The van der Waals surface area contributed by atoms with Crippen LogP contribution in [0.15, 0.2) is 46.2 Å². The first-order valence-electron chi connectivity index (χ1n) is 5.05. The molecule has 0 atom stereocenters. The zero-order valence-corrected chi connectivity index (χ0v) is 10.9. The number of hydrogen-bond donors (Lipinski definition) is 2. The molecule has 1 heterocycles. The van der Waals surface area contributed by atoms with Gasteiger partial charge in [0, 0.05) is 11.9 Å². The number of aromatic nitrogens is 1. The second kappa shape index (κ2) is 5.02. The summed E-state index contributed by atoms with van der Waals surface area (Å²) in [6.07, 6.45) is 1.03. The third kappa shape index (κ3) is 3.12. The zero-order valence-electron chi connectivity index (χ0n) is 9.35. The number of hydrogen-bond acceptors (Lipinski definition) is 3. The third-order valence-electron chi connectivity index (χ3n) is 2.24. The van der Waals surface area contributed by atoms with Crippen LogP contribution in [0, 0.1) is 5.82 Å². The van der Waals surface area contributed by atoms with E-state index in [2.05, 4.69) is 9.71 Å². The predicted octanol–water partition coefficient (Wildman–Crippen LogP) is 1.97. The Bertz CT molecular complexity index is 756. The molecule has 1 aromatic heterocycles. The van der Waals surface area contributed by atoms with Crippen LogP contribution in [0.2, 0.25) is 5.02 Å². The van der Waals surface area contributed by atoms with Crippen molar-refractivity contribution in [3.8, 4) is 0 Å². The molecule has 2 rings (SSSR count). The van der Waals surface area contributed by atoms with Gasteiger partial charge >= 0.3 is 0 Å². The minimum Gasteiger partial charge on any atom is -0.326 e. The maximum atomic E-state index is 12.7. The Morgan fingerprint density at radius 3 is 2.42 bits per heavy atom. The smallest absolute Gasteiger partial charge is 0.266 e. The maximum absolute atomic E-state index is 12.7. The lowest BCUT2D eigenvalue weighted by Crippen LogP contribution is -2.16. The number of aromatic amines is 1. The van der Waals surface area contributed by atoms with E-state index in [1.165, 1.54) is 12.1 Å². The van der Waals surface area contributed by atoms with Crippen molar-refractivity contribution < 1.29 is 12.8 Å². The average Bonchev–Trinajstić information content (AvgIpc) is 2.35. The maximum Gasteiger partial charge on any atom is 0.266 e. The fraction of sp³-hybridized carbons (Fsp3) is 0. The first-order valence-corrected chi connectivity index (χ1v) is 6.91. The van der Waals surface area contributed by atoms with Gasteiger partial charge in [0.05, 0.1) is 0 Å². The van der Waals surface area contributed by atoms with Crippen molar-refractivity contribution in [1.29, 1.82) is 0 Å². The molecule has 8 heteroatoms. The quantitative estimate of drug-likeness (QED) is 0.910. The van der Waals surface area contributed by atoms with E-state index in [9.17, 15) is 17.6 Å². The number of anilines is 1. The lowest BCUT2D eigenvalue weighted by molar-refractivity contribution is 0.600. The summed E-state index contributed by atoms with van der Waals surface area (Å²) < 4.78 is 38.9. The molecule has 0 radical (unpaired) electrons. The molecular weight excluding hydrogens is 295 g/mol. The normalized spacial score (nSPS) is 11.3. The minimum atomic E-state index is -3.89. The van der Waals surface area contributed by atoms with Crippen molar-refractivity contribution in [2.24, 2.45) is 0 Å². The van der Waals surface area contributed by atoms with Gasteiger partial charge in [0.25, 0.3) is 15.6 Å². The lowest BCUT2D eigenvalue weighted by atomic mass is 10.3. The van der Waals surface area contributed by atoms with Crippen molar-refractivity contribution in [3.05, 3.63) is 57.7 Å². The standard InChI is InChI=1S/C11H8ClFN2O3S/c12-10-5-9(6-14-11(10)16)19(17,18)15-8-3-1-7(13)2-4-8/h1-6,15H,(H,14,16). The average molecular weight is 303 g/mol. The highest BCUT2D eigenvalue weighted by Crippen LogP contribution is 2.16. The van der Waals surface area contributed by atoms with Gasteiger partial charge in [0.1, 0.15) is 15.7 Å². The summed E-state index contributed by atoms with van der Waals surface area (Å²) in [5, 5.41) is -0.234. The first kappa shape index (κ1) is 13.6. The van der Waals surface area contributed by atoms with Gasteiger partial charge in [-0.2, -0.15) is 0 Å². The van der Waals surface area contributed by atoms with Gasteiger partial charge in [-0.25, -0.2) is 12.8 Å². The van der Waals surface area contributed by atoms with Gasteiger partial charge < -0.3 is 4.98 Å². The highest BCUT2D eigenvalue weighted by molar-refractivity contribution is 7.92. The minimum absolute atomic E-state index is 0.193. The van der Waals surface area contributed by atoms with Crippen LogP contribution in [0.3, 0.4) is 0 Å². The molecule has 0 aliphatic carbocycles. The Morgan fingerprint density at radius 1 is 1.21 bits per heavy atom. The molecule has 0 aliphatic rings. The highest BCUT2D eigenvalue weighted by atomic mass is 35.5. The van der Waals surface area contributed by atoms with Gasteiger partial charge in [-0.05, 0) is 30.3 Å². The highest BCUT2D eigenvalue weighted by Gasteiger charge is 2.15. The Kier molecular flexibility index (Phi) is 3.59. The van der Waals surface area contributed by atoms with Crippen LogP contribution in [-0.2, 0) is 10.0 Å². The molecule has 0 amide bonds. The third-order valence-corrected chi connectivity index (χ3v) is 3.88. The second-order valence-corrected chi connectivity index (χ2v) is 5.71. The molecule has 1 aromatic carbocycles. The van der Waals surface area contributed by atoms with Crippen LogP contribution in [0.25, 0.3) is 0 Å². The SMILES string of the molecule is O=c1[nH]cc(S(=O)(=O)Nc2ccc(F)cc2)cc1Cl. The Hall–Kier alpha value is -1.86. The first-order chi connectivity index (χ1) is 8.88. The van der Waals surface area contributed by atoms with E-state index in [1.807, 2.05) is 0 Å². The number of rotatable bonds is 3. The van der Waals surface area contributed by atoms with E-state index >= 15 is 0 Å². The molecule has 0 bridgehead atoms. The van der Waals surface area contributed by atoms with Crippen molar-refractivity contribution >= 4 is 27.3 Å². The molecule has 0 saturated heterocycles. The fourth-order valence-electron chi connectivity index (χ4n) is 1.32. The van der Waals surface area contributed by atoms with Gasteiger partial charge in [-0.3, -0.25) is 9.52 Å². The Balaban J connectivity index is 2.34. The van der Waals surface area contributed by atoms with E-state index in [-0.39, 0.29) is 15.6 Å². The molecule has 2 N–H and O–H groups in total. The van der Waals surface area contributed by atoms with Crippen molar-refractivity contribution in [3.63, 3.8) is 0 Å². The summed E-state index contributed by atoms with van der Waals surface area (Å²) in [6, 6.07) is 5.84. The summed E-state index contributed by atoms with van der Waals surface area (Å²) in [4.78, 5) is 13.1. The summed E-state index contributed by atoms with van der Waals surface area (Å²) >= 11 is 5.56. The van der Waals surface area contributed by atoms with Crippen LogP contribution >= 0.6 is 11.6 Å². The number of pyridine rings is 1. The van der Waals surface area contributed by atoms with Crippen LogP contribution < -0.4 is 10.3 Å². The fourth-order valence-corrected chi connectivity index (χ4v) is 2.61. The van der Waals surface area contributed by atoms with Crippen molar-refractivity contribution in [2.75, 3.05) is 4.72 Å². The Labute approximate surface area is 113 Å². The summed E-state index contributed by atoms with van der Waals surface area (Å²) in [5.41, 5.74) is -0.383. The second-order valence-electron chi connectivity index (χ2n) is 3.62. The largest absolute Gasteiger partial charge is 0.326 e. The molecule has 2 aromatic rings. The number of sulfonamides is 1. The van der Waals surface area contributed by atoms with Gasteiger partial charge in [-0.15, -0.1) is 0 Å². The van der Waals surface area contributed by atoms with E-state index in [4.69, 9.17) is 11.6 Å². The van der Waals surface area contributed by atoms with E-state index in [1.54, 1.807) is 0 Å². The lowest BCUT2D eigenvalue weighted by Gasteiger charge is -2.07. The van der Waals surface area contributed by atoms with E-state index in [0.29, 0.717) is 0 Å². The van der Waals surface area contributed by atoms with Gasteiger partial charge in [-0.1, -0.05) is 11.6 Å². The topological polar surface area (TPSA) is 79.0 Å². The van der Waals surface area contributed by atoms with E-state index in [0.717, 1.165) is 24.4 Å². The zero-order chi connectivity index (χ0) is 14.0. The number of benzene rings is 1. The molecule has 19 heavy (non-hydrogen) atoms. The summed E-state index contributed by atoms with van der Waals surface area (Å²) in [7, 11) is -3.89. The van der Waals surface area contributed by atoms with Crippen LogP contribution in [0.5, 0.6) is 0 Å². The number of halogens is 2. The predicted molar refractivity (Wildman–Crippen MR) is 69.3 cm³/mol. The van der Waals surface area contributed by atoms with Crippen molar-refractivity contribution in [2.45, 2.75) is 4.90 Å². The number of H-pyrrole nitrogens is 1. The van der Waals surface area contributed by atoms with Crippen LogP contribution in [-0.4, -0.2) is 13.4 Å². The molecule has 0 saturated carbocycles. The van der Waals surface area contributed by atoms with Crippen LogP contribution in [0.1, 0.15) is 0 Å². The van der Waals surface area contributed by atoms with Gasteiger partial charge in [0.2, 0.25) is 0 Å². The number of nitrogens with one attached hydrogen (secondary N) is 2. The Morgan fingerprint density at radius 2 is 1.84 bits per heavy atom. The van der Waals surface area contributed by atoms with Gasteiger partial charge in [0.15, 0.2) is 0 Å². The monoisotopic (exact) mass is 302 g/mol. The molecule has 0 fully saturated rings. The van der Waals surface area contributed by atoms with Crippen LogP contribution in [0.4, 0.5) is 10.1 Å². The molecule has 5 nitrogen and oxygen atoms in total. The molecule has 0 unspecified atom stereocenters. The summed E-state index contributed by atoms with van der Waals surface area (Å²) in [5.74, 6) is -0.477. The van der Waals surface area contributed by atoms with E-state index < -0.39 is 21.4 Å². The summed E-state index contributed by atoms with van der Waals surface area (Å²) in [6.45, 7) is 0.